The lowest BCUT2D eigenvalue weighted by atomic mass is 10.3. The molecule has 2 heterocycles. The zero-order valence-corrected chi connectivity index (χ0v) is 15.5. The van der Waals surface area contributed by atoms with E-state index in [4.69, 9.17) is 0 Å². The van der Waals surface area contributed by atoms with Gasteiger partial charge in [-0.3, -0.25) is 9.59 Å². The molecule has 0 aliphatic heterocycles. The second-order valence-corrected chi connectivity index (χ2v) is 9.23. The molecule has 0 radical (unpaired) electrons. The highest BCUT2D eigenvalue weighted by molar-refractivity contribution is 7.93. The maximum Gasteiger partial charge on any atom is 0.309 e. The van der Waals surface area contributed by atoms with Crippen molar-refractivity contribution in [3.05, 3.63) is 39.9 Å². The van der Waals surface area contributed by atoms with Crippen LogP contribution in [0.25, 0.3) is 0 Å². The smallest absolute Gasteiger partial charge is 0.309 e. The first-order valence-corrected chi connectivity index (χ1v) is 10.6. The molecule has 6 nitrogen and oxygen atoms in total. The van der Waals surface area contributed by atoms with Crippen LogP contribution in [0.3, 0.4) is 0 Å². The minimum absolute atomic E-state index is 0.154. The van der Waals surface area contributed by atoms with Gasteiger partial charge in [0.1, 0.15) is 9.46 Å². The SMILES string of the molecule is CCCNC(=O)C(=O)NC[C@H](c1cccs1)S(=O)(=O)c1cccs1. The Labute approximate surface area is 148 Å². The van der Waals surface area contributed by atoms with Crippen molar-refractivity contribution in [3.63, 3.8) is 0 Å². The highest BCUT2D eigenvalue weighted by Crippen LogP contribution is 2.33. The average Bonchev–Trinajstić information content (AvgIpc) is 3.25. The van der Waals surface area contributed by atoms with Crippen molar-refractivity contribution in [2.24, 2.45) is 0 Å². The van der Waals surface area contributed by atoms with Gasteiger partial charge in [0.05, 0.1) is 0 Å². The fourth-order valence-corrected chi connectivity index (χ4v) is 5.98. The molecule has 0 aromatic carbocycles. The Morgan fingerprint density at radius 2 is 1.75 bits per heavy atom. The van der Waals surface area contributed by atoms with Crippen LogP contribution in [-0.2, 0) is 19.4 Å². The number of carbonyl (C=O) groups is 2. The van der Waals surface area contributed by atoms with Crippen molar-refractivity contribution in [3.8, 4) is 0 Å². The molecule has 2 aromatic rings. The van der Waals surface area contributed by atoms with E-state index in [1.165, 1.54) is 17.4 Å². The van der Waals surface area contributed by atoms with E-state index < -0.39 is 26.9 Å². The van der Waals surface area contributed by atoms with Gasteiger partial charge >= 0.3 is 11.8 Å². The molecule has 0 saturated heterocycles. The summed E-state index contributed by atoms with van der Waals surface area (Å²) in [6, 6.07) is 6.67. The second kappa shape index (κ2) is 8.41. The number of sulfone groups is 1. The van der Waals surface area contributed by atoms with E-state index in [0.29, 0.717) is 17.8 Å². The predicted molar refractivity (Wildman–Crippen MR) is 94.9 cm³/mol. The highest BCUT2D eigenvalue weighted by Gasteiger charge is 2.31. The Balaban J connectivity index is 2.14. The van der Waals surface area contributed by atoms with E-state index in [9.17, 15) is 18.0 Å². The van der Waals surface area contributed by atoms with Gasteiger partial charge in [-0.1, -0.05) is 19.1 Å². The third-order valence-electron chi connectivity index (χ3n) is 3.20. The van der Waals surface area contributed by atoms with E-state index in [0.717, 1.165) is 11.3 Å². The fourth-order valence-electron chi connectivity index (χ4n) is 1.99. The average molecular weight is 387 g/mol. The topological polar surface area (TPSA) is 92.3 Å². The van der Waals surface area contributed by atoms with Gasteiger partial charge in [0.15, 0.2) is 9.84 Å². The van der Waals surface area contributed by atoms with Crippen LogP contribution in [0.5, 0.6) is 0 Å². The molecule has 2 amide bonds. The molecule has 2 aromatic heterocycles. The molecule has 2 N–H and O–H groups in total. The van der Waals surface area contributed by atoms with E-state index in [2.05, 4.69) is 10.6 Å². The minimum atomic E-state index is -3.64. The zero-order valence-electron chi connectivity index (χ0n) is 13.0. The summed E-state index contributed by atoms with van der Waals surface area (Å²) in [5.74, 6) is -1.58. The molecule has 130 valence electrons. The van der Waals surface area contributed by atoms with E-state index in [1.54, 1.807) is 29.0 Å². The van der Waals surface area contributed by atoms with E-state index in [-0.39, 0.29) is 10.8 Å². The maximum atomic E-state index is 12.8. The summed E-state index contributed by atoms with van der Waals surface area (Å²) in [6.45, 7) is 2.12. The third-order valence-corrected chi connectivity index (χ3v) is 7.85. The number of rotatable bonds is 7. The molecular weight excluding hydrogens is 368 g/mol. The normalized spacial score (nSPS) is 12.5. The molecule has 24 heavy (non-hydrogen) atoms. The first-order chi connectivity index (χ1) is 11.5. The van der Waals surface area contributed by atoms with Crippen molar-refractivity contribution in [2.45, 2.75) is 22.8 Å². The Morgan fingerprint density at radius 1 is 1.08 bits per heavy atom. The predicted octanol–water partition coefficient (Wildman–Crippen LogP) is 1.97. The lowest BCUT2D eigenvalue weighted by Crippen LogP contribution is -2.42. The van der Waals surface area contributed by atoms with Gasteiger partial charge in [-0.2, -0.15) is 0 Å². The van der Waals surface area contributed by atoms with Gasteiger partial charge in [-0.15, -0.1) is 22.7 Å². The van der Waals surface area contributed by atoms with E-state index >= 15 is 0 Å². The molecule has 0 bridgehead atoms. The van der Waals surface area contributed by atoms with Crippen LogP contribution in [0.15, 0.2) is 39.2 Å². The molecule has 1 atom stereocenters. The van der Waals surface area contributed by atoms with Gasteiger partial charge in [0.25, 0.3) is 0 Å². The Kier molecular flexibility index (Phi) is 6.52. The van der Waals surface area contributed by atoms with Crippen LogP contribution >= 0.6 is 22.7 Å². The number of nitrogens with one attached hydrogen (secondary N) is 2. The zero-order chi connectivity index (χ0) is 17.6. The molecular formula is C15H18N2O4S3. The van der Waals surface area contributed by atoms with Crippen molar-refractivity contribution in [1.82, 2.24) is 10.6 Å². The number of hydrogen-bond acceptors (Lipinski definition) is 6. The fraction of sp³-hybridized carbons (Fsp3) is 0.333. The summed E-state index contributed by atoms with van der Waals surface area (Å²) in [6.07, 6.45) is 0.712. The lowest BCUT2D eigenvalue weighted by molar-refractivity contribution is -0.139. The lowest BCUT2D eigenvalue weighted by Gasteiger charge is -2.16. The van der Waals surface area contributed by atoms with Gasteiger partial charge in [-0.25, -0.2) is 8.42 Å². The van der Waals surface area contributed by atoms with Crippen LogP contribution in [-0.4, -0.2) is 33.3 Å². The van der Waals surface area contributed by atoms with Crippen LogP contribution in [0.1, 0.15) is 23.5 Å². The van der Waals surface area contributed by atoms with Crippen LogP contribution in [0, 0.1) is 0 Å². The number of hydrogen-bond donors (Lipinski definition) is 2. The molecule has 0 aliphatic carbocycles. The molecule has 0 unspecified atom stereocenters. The van der Waals surface area contributed by atoms with Gasteiger partial charge in [-0.05, 0) is 29.3 Å². The molecule has 2 rings (SSSR count). The summed E-state index contributed by atoms with van der Waals surface area (Å²) in [5.41, 5.74) is 0. The van der Waals surface area contributed by atoms with Crippen molar-refractivity contribution in [1.29, 1.82) is 0 Å². The Bertz CT molecular complexity index is 768. The summed E-state index contributed by atoms with van der Waals surface area (Å²) < 4.78 is 25.9. The van der Waals surface area contributed by atoms with Crippen molar-refractivity contribution in [2.75, 3.05) is 13.1 Å². The Hall–Kier alpha value is -1.71. The maximum absolute atomic E-state index is 12.8. The standard InChI is InChI=1S/C15H18N2O4S3/c1-2-7-16-14(18)15(19)17-10-12(11-5-3-8-22-11)24(20,21)13-6-4-9-23-13/h3-6,8-9,12H,2,7,10H2,1H3,(H,16,18)(H,17,19)/t12-/m1/s1. The molecule has 0 spiro atoms. The Morgan fingerprint density at radius 3 is 2.33 bits per heavy atom. The molecule has 0 saturated carbocycles. The second-order valence-electron chi connectivity index (χ2n) is 4.95. The van der Waals surface area contributed by atoms with Crippen LogP contribution in [0.2, 0.25) is 0 Å². The minimum Gasteiger partial charge on any atom is -0.348 e. The number of carbonyl (C=O) groups excluding carboxylic acids is 2. The van der Waals surface area contributed by atoms with Crippen LogP contribution in [0.4, 0.5) is 0 Å². The molecule has 0 fully saturated rings. The van der Waals surface area contributed by atoms with Gasteiger partial charge < -0.3 is 10.6 Å². The quantitative estimate of drug-likeness (QED) is 0.712. The largest absolute Gasteiger partial charge is 0.348 e. The third kappa shape index (κ3) is 4.43. The highest BCUT2D eigenvalue weighted by atomic mass is 32.2. The number of thiophene rings is 2. The van der Waals surface area contributed by atoms with Gasteiger partial charge in [0.2, 0.25) is 0 Å². The summed E-state index contributed by atoms with van der Waals surface area (Å²) >= 11 is 2.43. The summed E-state index contributed by atoms with van der Waals surface area (Å²) in [4.78, 5) is 24.1. The first-order valence-electron chi connectivity index (χ1n) is 7.33. The number of amides is 2. The van der Waals surface area contributed by atoms with Crippen molar-refractivity contribution >= 4 is 44.3 Å². The van der Waals surface area contributed by atoms with Crippen LogP contribution < -0.4 is 10.6 Å². The first kappa shape index (κ1) is 18.6. The van der Waals surface area contributed by atoms with Gasteiger partial charge in [0, 0.05) is 18.0 Å². The monoisotopic (exact) mass is 386 g/mol. The van der Waals surface area contributed by atoms with Crippen molar-refractivity contribution < 1.29 is 18.0 Å². The van der Waals surface area contributed by atoms with E-state index in [1.807, 2.05) is 6.92 Å². The summed E-state index contributed by atoms with van der Waals surface area (Å²) in [7, 11) is -3.64. The summed E-state index contributed by atoms with van der Waals surface area (Å²) in [5, 5.41) is 7.44. The molecule has 9 heteroatoms. The molecule has 0 aliphatic rings.